The van der Waals surface area contributed by atoms with Crippen LogP contribution in [0.2, 0.25) is 0 Å². The van der Waals surface area contributed by atoms with Gasteiger partial charge in [-0.2, -0.15) is 0 Å². The molecule has 0 unspecified atom stereocenters. The summed E-state index contributed by atoms with van der Waals surface area (Å²) in [4.78, 5) is 18.6. The highest BCUT2D eigenvalue weighted by Gasteiger charge is 2.15. The maximum atomic E-state index is 11.2. The topological polar surface area (TPSA) is 66.0 Å². The van der Waals surface area contributed by atoms with E-state index in [0.29, 0.717) is 5.56 Å². The largest absolute Gasteiger partial charge is 0.478 e. The Labute approximate surface area is 109 Å². The predicted molar refractivity (Wildman–Crippen MR) is 73.2 cm³/mol. The van der Waals surface area contributed by atoms with Crippen molar-refractivity contribution < 1.29 is 9.90 Å². The van der Waals surface area contributed by atoms with Crippen LogP contribution < -0.4 is 0 Å². The molecular weight excluding hydrogens is 240 g/mol. The molecule has 0 bridgehead atoms. The maximum absolute atomic E-state index is 11.2. The molecule has 0 aliphatic rings. The predicted octanol–water partition coefficient (Wildman–Crippen LogP) is 3.24. The number of aromatic carboxylic acids is 1. The summed E-state index contributed by atoms with van der Waals surface area (Å²) in [7, 11) is 0. The first-order valence-electron chi connectivity index (χ1n) is 5.93. The third-order valence-electron chi connectivity index (χ3n) is 3.11. The van der Waals surface area contributed by atoms with Crippen LogP contribution in [0.4, 0.5) is 0 Å². The number of aryl methyl sites for hydroxylation is 1. The minimum atomic E-state index is -0.935. The van der Waals surface area contributed by atoms with Crippen LogP contribution in [-0.2, 0) is 0 Å². The first kappa shape index (κ1) is 11.5. The van der Waals surface area contributed by atoms with E-state index in [1.54, 1.807) is 6.20 Å². The number of benzene rings is 1. The number of pyridine rings is 1. The van der Waals surface area contributed by atoms with E-state index in [0.717, 1.165) is 22.2 Å². The summed E-state index contributed by atoms with van der Waals surface area (Å²) < 4.78 is 0. The molecule has 0 aliphatic heterocycles. The second-order valence-corrected chi connectivity index (χ2v) is 4.42. The SMILES string of the molecule is Cc1cc(-c2c[nH]cc2C(=O)O)c2ccccc2n1. The zero-order valence-electron chi connectivity index (χ0n) is 10.3. The molecular formula is C15H12N2O2. The summed E-state index contributed by atoms with van der Waals surface area (Å²) in [5.41, 5.74) is 3.59. The zero-order chi connectivity index (χ0) is 13.4. The van der Waals surface area contributed by atoms with Gasteiger partial charge in [0.05, 0.1) is 11.1 Å². The first-order chi connectivity index (χ1) is 9.16. The Bertz CT molecular complexity index is 775. The number of rotatable bonds is 2. The molecule has 2 aromatic heterocycles. The lowest BCUT2D eigenvalue weighted by Gasteiger charge is -2.07. The number of nitrogens with zero attached hydrogens (tertiary/aromatic N) is 1. The molecule has 0 amide bonds. The molecule has 0 atom stereocenters. The number of carboxylic acids is 1. The Morgan fingerprint density at radius 3 is 2.79 bits per heavy atom. The molecule has 1 aromatic carbocycles. The molecule has 3 aromatic rings. The summed E-state index contributed by atoms with van der Waals surface area (Å²) in [6.07, 6.45) is 3.22. The van der Waals surface area contributed by atoms with E-state index in [4.69, 9.17) is 0 Å². The smallest absolute Gasteiger partial charge is 0.337 e. The second kappa shape index (κ2) is 4.24. The molecule has 4 nitrogen and oxygen atoms in total. The van der Waals surface area contributed by atoms with Crippen molar-refractivity contribution in [1.29, 1.82) is 0 Å². The van der Waals surface area contributed by atoms with Gasteiger partial charge in [0.25, 0.3) is 0 Å². The molecule has 2 heterocycles. The molecule has 0 fully saturated rings. The summed E-state index contributed by atoms with van der Waals surface area (Å²) >= 11 is 0. The molecule has 0 aliphatic carbocycles. The van der Waals surface area contributed by atoms with Crippen LogP contribution in [0.3, 0.4) is 0 Å². The van der Waals surface area contributed by atoms with Crippen LogP contribution in [0.15, 0.2) is 42.7 Å². The van der Waals surface area contributed by atoms with Gasteiger partial charge in [0.15, 0.2) is 0 Å². The van der Waals surface area contributed by atoms with Gasteiger partial charge in [-0.15, -0.1) is 0 Å². The van der Waals surface area contributed by atoms with Crippen LogP contribution >= 0.6 is 0 Å². The van der Waals surface area contributed by atoms with Gasteiger partial charge in [-0.1, -0.05) is 18.2 Å². The lowest BCUT2D eigenvalue weighted by Crippen LogP contribution is -1.97. The van der Waals surface area contributed by atoms with Gasteiger partial charge in [0.1, 0.15) is 0 Å². The number of aromatic amines is 1. The van der Waals surface area contributed by atoms with E-state index in [-0.39, 0.29) is 5.56 Å². The molecule has 0 saturated heterocycles. The molecule has 0 saturated carbocycles. The van der Waals surface area contributed by atoms with Gasteiger partial charge in [0, 0.05) is 29.0 Å². The number of nitrogens with one attached hydrogen (secondary N) is 1. The van der Waals surface area contributed by atoms with Gasteiger partial charge in [0.2, 0.25) is 0 Å². The number of aromatic nitrogens is 2. The summed E-state index contributed by atoms with van der Waals surface area (Å²) in [6.45, 7) is 1.91. The van der Waals surface area contributed by atoms with Crippen LogP contribution in [0, 0.1) is 6.92 Å². The molecule has 4 heteroatoms. The van der Waals surface area contributed by atoms with Gasteiger partial charge in [-0.25, -0.2) is 4.79 Å². The van der Waals surface area contributed by atoms with Crippen molar-refractivity contribution in [3.63, 3.8) is 0 Å². The van der Waals surface area contributed by atoms with E-state index >= 15 is 0 Å². The fraction of sp³-hybridized carbons (Fsp3) is 0.0667. The van der Waals surface area contributed by atoms with E-state index in [1.165, 1.54) is 6.20 Å². The Morgan fingerprint density at radius 1 is 1.21 bits per heavy atom. The van der Waals surface area contributed by atoms with E-state index in [2.05, 4.69) is 9.97 Å². The number of H-pyrrole nitrogens is 1. The number of para-hydroxylation sites is 1. The summed E-state index contributed by atoms with van der Waals surface area (Å²) in [6, 6.07) is 9.65. The normalized spacial score (nSPS) is 10.8. The van der Waals surface area contributed by atoms with Crippen molar-refractivity contribution in [2.45, 2.75) is 6.92 Å². The number of hydrogen-bond acceptors (Lipinski definition) is 2. The van der Waals surface area contributed by atoms with Gasteiger partial charge in [-0.3, -0.25) is 4.98 Å². The van der Waals surface area contributed by atoms with Crippen LogP contribution in [0.5, 0.6) is 0 Å². The lowest BCUT2D eigenvalue weighted by molar-refractivity contribution is 0.0698. The van der Waals surface area contributed by atoms with Crippen molar-refractivity contribution in [3.8, 4) is 11.1 Å². The van der Waals surface area contributed by atoms with Crippen LogP contribution in [-0.4, -0.2) is 21.0 Å². The minimum absolute atomic E-state index is 0.274. The molecule has 0 spiro atoms. The lowest BCUT2D eigenvalue weighted by atomic mass is 9.99. The van der Waals surface area contributed by atoms with Crippen molar-refractivity contribution >= 4 is 16.9 Å². The number of carboxylic acid groups (broad SMARTS) is 1. The number of carbonyl (C=O) groups is 1. The molecule has 94 valence electrons. The average molecular weight is 252 g/mol. The Balaban J connectivity index is 2.36. The van der Waals surface area contributed by atoms with Gasteiger partial charge < -0.3 is 10.1 Å². The first-order valence-corrected chi connectivity index (χ1v) is 5.93. The molecule has 0 radical (unpaired) electrons. The minimum Gasteiger partial charge on any atom is -0.478 e. The third-order valence-corrected chi connectivity index (χ3v) is 3.11. The van der Waals surface area contributed by atoms with E-state index in [9.17, 15) is 9.90 Å². The van der Waals surface area contributed by atoms with Gasteiger partial charge >= 0.3 is 5.97 Å². The summed E-state index contributed by atoms with van der Waals surface area (Å²) in [5, 5.41) is 10.2. The Hall–Kier alpha value is -2.62. The Kier molecular flexibility index (Phi) is 2.56. The molecule has 19 heavy (non-hydrogen) atoms. The highest BCUT2D eigenvalue weighted by Crippen LogP contribution is 2.30. The van der Waals surface area contributed by atoms with Crippen molar-refractivity contribution in [2.24, 2.45) is 0 Å². The highest BCUT2D eigenvalue weighted by molar-refractivity contribution is 6.02. The van der Waals surface area contributed by atoms with E-state index in [1.807, 2.05) is 37.3 Å². The van der Waals surface area contributed by atoms with Crippen LogP contribution in [0.25, 0.3) is 22.0 Å². The van der Waals surface area contributed by atoms with Crippen molar-refractivity contribution in [2.75, 3.05) is 0 Å². The Morgan fingerprint density at radius 2 is 2.00 bits per heavy atom. The maximum Gasteiger partial charge on any atom is 0.337 e. The summed E-state index contributed by atoms with van der Waals surface area (Å²) in [5.74, 6) is -0.935. The fourth-order valence-corrected chi connectivity index (χ4v) is 2.29. The van der Waals surface area contributed by atoms with Crippen LogP contribution in [0.1, 0.15) is 16.1 Å². The molecule has 3 rings (SSSR count). The zero-order valence-corrected chi connectivity index (χ0v) is 10.3. The number of hydrogen-bond donors (Lipinski definition) is 2. The molecule has 2 N–H and O–H groups in total. The van der Waals surface area contributed by atoms with Crippen molar-refractivity contribution in [1.82, 2.24) is 9.97 Å². The fourth-order valence-electron chi connectivity index (χ4n) is 2.29. The standard InChI is InChI=1S/C15H12N2O2/c1-9-6-11(10-4-2-3-5-14(10)17-9)12-7-16-8-13(12)15(18)19/h2-8,16H,1H3,(H,18,19). The number of fused-ring (bicyclic) bond motifs is 1. The highest BCUT2D eigenvalue weighted by atomic mass is 16.4. The van der Waals surface area contributed by atoms with E-state index < -0.39 is 5.97 Å². The quantitative estimate of drug-likeness (QED) is 0.735. The monoisotopic (exact) mass is 252 g/mol. The third kappa shape index (κ3) is 1.87. The van der Waals surface area contributed by atoms with Gasteiger partial charge in [-0.05, 0) is 24.6 Å². The van der Waals surface area contributed by atoms with Crippen molar-refractivity contribution in [3.05, 3.63) is 54.0 Å². The average Bonchev–Trinajstić information content (AvgIpc) is 2.86. The second-order valence-electron chi connectivity index (χ2n) is 4.42.